The number of esters is 1. The van der Waals surface area contributed by atoms with Crippen molar-refractivity contribution in [3.8, 4) is 0 Å². The van der Waals surface area contributed by atoms with Crippen LogP contribution in [0.25, 0.3) is 0 Å². The van der Waals surface area contributed by atoms with E-state index in [0.29, 0.717) is 34.4 Å². The second-order valence-electron chi connectivity index (χ2n) is 7.25. The Bertz CT molecular complexity index is 1160. The van der Waals surface area contributed by atoms with Crippen molar-refractivity contribution in [1.29, 1.82) is 0 Å². The summed E-state index contributed by atoms with van der Waals surface area (Å²) in [5.41, 5.74) is 1.97. The van der Waals surface area contributed by atoms with Gasteiger partial charge >= 0.3 is 5.97 Å². The van der Waals surface area contributed by atoms with E-state index < -0.39 is 27.5 Å². The highest BCUT2D eigenvalue weighted by molar-refractivity contribution is 9.10. The molecule has 0 radical (unpaired) electrons. The van der Waals surface area contributed by atoms with Crippen molar-refractivity contribution in [2.24, 2.45) is 0 Å². The number of hydrogen-bond donors (Lipinski definition) is 1. The minimum Gasteiger partial charge on any atom is -0.465 e. The summed E-state index contributed by atoms with van der Waals surface area (Å²) in [6.07, 6.45) is 0.585. The van der Waals surface area contributed by atoms with Crippen molar-refractivity contribution < 1.29 is 27.5 Å². The van der Waals surface area contributed by atoms with Gasteiger partial charge in [-0.2, -0.15) is 0 Å². The van der Waals surface area contributed by atoms with Crippen molar-refractivity contribution in [1.82, 2.24) is 0 Å². The van der Waals surface area contributed by atoms with Crippen molar-refractivity contribution in [2.45, 2.75) is 31.1 Å². The molecule has 10 heteroatoms. The van der Waals surface area contributed by atoms with Crippen molar-refractivity contribution >= 4 is 54.9 Å². The molecule has 1 aliphatic heterocycles. The van der Waals surface area contributed by atoms with Crippen molar-refractivity contribution in [2.75, 3.05) is 29.6 Å². The van der Waals surface area contributed by atoms with Crippen LogP contribution in [0.3, 0.4) is 0 Å². The maximum Gasteiger partial charge on any atom is 0.337 e. The van der Waals surface area contributed by atoms with Gasteiger partial charge < -0.3 is 15.0 Å². The molecule has 0 atom stereocenters. The second-order valence-corrected chi connectivity index (χ2v) is 10.2. The van der Waals surface area contributed by atoms with E-state index in [9.17, 15) is 22.8 Å². The summed E-state index contributed by atoms with van der Waals surface area (Å²) in [7, 11) is -2.56. The van der Waals surface area contributed by atoms with Gasteiger partial charge in [-0.3, -0.25) is 9.59 Å². The van der Waals surface area contributed by atoms with Gasteiger partial charge in [-0.15, -0.1) is 0 Å². The van der Waals surface area contributed by atoms with Crippen LogP contribution in [0.4, 0.5) is 11.4 Å². The number of sulfone groups is 1. The van der Waals surface area contributed by atoms with Gasteiger partial charge in [0.15, 0.2) is 9.84 Å². The van der Waals surface area contributed by atoms with Gasteiger partial charge in [-0.25, -0.2) is 13.2 Å². The topological polar surface area (TPSA) is 110 Å². The highest BCUT2D eigenvalue weighted by Crippen LogP contribution is 2.38. The molecular formula is C22H23BrN2O6S. The number of methoxy groups -OCH3 is 1. The molecule has 0 aromatic heterocycles. The van der Waals surface area contributed by atoms with E-state index in [1.807, 2.05) is 6.07 Å². The Labute approximate surface area is 195 Å². The maximum atomic E-state index is 13.1. The van der Waals surface area contributed by atoms with Gasteiger partial charge in [0.2, 0.25) is 11.8 Å². The molecule has 1 N–H and O–H groups in total. The number of ether oxygens (including phenoxy) is 1. The average Bonchev–Trinajstić information content (AvgIpc) is 3.20. The van der Waals surface area contributed by atoms with Gasteiger partial charge in [0.25, 0.3) is 0 Å². The lowest BCUT2D eigenvalue weighted by molar-refractivity contribution is -0.118. The molecule has 1 heterocycles. The fourth-order valence-electron chi connectivity index (χ4n) is 3.51. The molecule has 32 heavy (non-hydrogen) atoms. The van der Waals surface area contributed by atoms with Crippen LogP contribution in [0.15, 0.2) is 45.8 Å². The number of hydrogen-bond acceptors (Lipinski definition) is 6. The smallest absolute Gasteiger partial charge is 0.337 e. The quantitative estimate of drug-likeness (QED) is 0.558. The van der Waals surface area contributed by atoms with Gasteiger partial charge in [0, 0.05) is 29.5 Å². The maximum absolute atomic E-state index is 13.1. The SMILES string of the molecule is CCC(=O)N1CCc2cc(Br)cc(S(=O)(=O)CCC(=O)Nc3ccc(C(=O)OC)cc3)c21. The Morgan fingerprint density at radius 1 is 1.16 bits per heavy atom. The zero-order valence-electron chi connectivity index (χ0n) is 17.7. The lowest BCUT2D eigenvalue weighted by Crippen LogP contribution is -2.29. The zero-order chi connectivity index (χ0) is 23.5. The van der Waals surface area contributed by atoms with Gasteiger partial charge in [-0.05, 0) is 48.4 Å². The summed E-state index contributed by atoms with van der Waals surface area (Å²) < 4.78 is 31.5. The first-order chi connectivity index (χ1) is 15.2. The predicted octanol–water partition coefficient (Wildman–Crippen LogP) is 3.34. The lowest BCUT2D eigenvalue weighted by Gasteiger charge is -2.20. The van der Waals surface area contributed by atoms with E-state index in [1.54, 1.807) is 6.92 Å². The molecular weight excluding hydrogens is 500 g/mol. The van der Waals surface area contributed by atoms with Crippen LogP contribution in [0, 0.1) is 0 Å². The van der Waals surface area contributed by atoms with E-state index in [0.717, 1.165) is 5.56 Å². The van der Waals surface area contributed by atoms with Crippen LogP contribution in [-0.2, 0) is 30.6 Å². The molecule has 0 unspecified atom stereocenters. The number of fused-ring (bicyclic) bond motifs is 1. The number of amides is 2. The van der Waals surface area contributed by atoms with Gasteiger partial charge in [-0.1, -0.05) is 22.9 Å². The number of rotatable bonds is 7. The Hall–Kier alpha value is -2.72. The average molecular weight is 523 g/mol. The normalized spacial score (nSPS) is 12.9. The number of benzene rings is 2. The van der Waals surface area contributed by atoms with E-state index >= 15 is 0 Å². The van der Waals surface area contributed by atoms with Crippen LogP contribution in [0.1, 0.15) is 35.7 Å². The predicted molar refractivity (Wildman–Crippen MR) is 124 cm³/mol. The fraction of sp³-hybridized carbons (Fsp3) is 0.318. The highest BCUT2D eigenvalue weighted by Gasteiger charge is 2.32. The van der Waals surface area contributed by atoms with Crippen molar-refractivity contribution in [3.05, 3.63) is 52.0 Å². The number of nitrogens with zero attached hydrogens (tertiary/aromatic N) is 1. The molecule has 0 bridgehead atoms. The third kappa shape index (κ3) is 5.18. The van der Waals surface area contributed by atoms with E-state index in [1.165, 1.54) is 42.3 Å². The molecule has 170 valence electrons. The molecule has 0 fully saturated rings. The molecule has 0 spiro atoms. The Morgan fingerprint density at radius 3 is 2.47 bits per heavy atom. The summed E-state index contributed by atoms with van der Waals surface area (Å²) in [6.45, 7) is 2.17. The lowest BCUT2D eigenvalue weighted by atomic mass is 10.2. The first-order valence-electron chi connectivity index (χ1n) is 10.00. The van der Waals surface area contributed by atoms with Gasteiger partial charge in [0.05, 0.1) is 29.0 Å². The number of halogens is 1. The third-order valence-electron chi connectivity index (χ3n) is 5.12. The molecule has 2 aromatic carbocycles. The van der Waals surface area contributed by atoms with Crippen molar-refractivity contribution in [3.63, 3.8) is 0 Å². The minimum absolute atomic E-state index is 0.0522. The molecule has 2 amide bonds. The van der Waals surface area contributed by atoms with Crippen LogP contribution >= 0.6 is 15.9 Å². The monoisotopic (exact) mass is 522 g/mol. The van der Waals surface area contributed by atoms with E-state index in [-0.39, 0.29) is 23.6 Å². The molecule has 0 saturated heterocycles. The molecule has 0 saturated carbocycles. The summed E-state index contributed by atoms with van der Waals surface area (Å²) >= 11 is 3.35. The highest BCUT2D eigenvalue weighted by atomic mass is 79.9. The van der Waals surface area contributed by atoms with Gasteiger partial charge in [0.1, 0.15) is 0 Å². The first-order valence-corrected chi connectivity index (χ1v) is 12.4. The largest absolute Gasteiger partial charge is 0.465 e. The summed E-state index contributed by atoms with van der Waals surface area (Å²) in [4.78, 5) is 37.7. The van der Waals surface area contributed by atoms with Crippen LogP contribution < -0.4 is 10.2 Å². The summed E-state index contributed by atoms with van der Waals surface area (Å²) in [6, 6.07) is 9.38. The first kappa shape index (κ1) is 23.9. The molecule has 2 aromatic rings. The molecule has 0 aliphatic carbocycles. The van der Waals surface area contributed by atoms with Crippen LogP contribution in [0.2, 0.25) is 0 Å². The number of nitrogens with one attached hydrogen (secondary N) is 1. The third-order valence-corrected chi connectivity index (χ3v) is 7.30. The van der Waals surface area contributed by atoms with Crippen LogP contribution in [0.5, 0.6) is 0 Å². The molecule has 1 aliphatic rings. The van der Waals surface area contributed by atoms with Crippen LogP contribution in [-0.4, -0.2) is 45.6 Å². The second kappa shape index (κ2) is 9.83. The van der Waals surface area contributed by atoms with E-state index in [2.05, 4.69) is 26.0 Å². The number of carbonyl (C=O) groups is 3. The zero-order valence-corrected chi connectivity index (χ0v) is 20.1. The number of carbonyl (C=O) groups excluding carboxylic acids is 3. The minimum atomic E-state index is -3.84. The summed E-state index contributed by atoms with van der Waals surface area (Å²) in [5, 5.41) is 2.62. The standard InChI is InChI=1S/C22H23BrN2O6S/c1-3-20(27)25-10-8-15-12-16(23)13-18(21(15)25)32(29,30)11-9-19(26)24-17-6-4-14(5-7-17)22(28)31-2/h4-7,12-13H,3,8-11H2,1-2H3,(H,24,26). The summed E-state index contributed by atoms with van der Waals surface area (Å²) in [5.74, 6) is -1.52. The Balaban J connectivity index is 1.74. The Morgan fingerprint density at radius 2 is 1.84 bits per heavy atom. The molecule has 3 rings (SSSR count). The number of anilines is 2. The molecule has 8 nitrogen and oxygen atoms in total. The Kier molecular flexibility index (Phi) is 7.35. The fourth-order valence-corrected chi connectivity index (χ4v) is 5.69. The van der Waals surface area contributed by atoms with E-state index in [4.69, 9.17) is 0 Å².